The van der Waals surface area contributed by atoms with Crippen LogP contribution in [0.4, 0.5) is 11.4 Å². The maximum atomic E-state index is 13.3. The summed E-state index contributed by atoms with van der Waals surface area (Å²) >= 11 is 9.73. The zero-order valence-electron chi connectivity index (χ0n) is 20.7. The second-order valence-corrected chi connectivity index (χ2v) is 9.95. The molecule has 0 aliphatic rings. The van der Waals surface area contributed by atoms with Crippen molar-refractivity contribution in [3.63, 3.8) is 0 Å². The topological polar surface area (TPSA) is 143 Å². The molecule has 11 nitrogen and oxygen atoms in total. The minimum Gasteiger partial charge on any atom is -0.481 e. The molecule has 3 aromatic carbocycles. The zero-order chi connectivity index (χ0) is 28.3. The van der Waals surface area contributed by atoms with Gasteiger partial charge in [0.25, 0.3) is 11.2 Å². The van der Waals surface area contributed by atoms with E-state index < -0.39 is 15.5 Å². The SMILES string of the molecule is CC[C@@H](C)c1nc2ccc(Br)cc2c(=O)n1N=Cc1cc(Cl)c(OCc2ccc([N+](=O)[O-])cc2)c([N+](=O)[O-])c1. The van der Waals surface area contributed by atoms with Gasteiger partial charge in [0, 0.05) is 34.2 Å². The van der Waals surface area contributed by atoms with Gasteiger partial charge in [0.15, 0.2) is 0 Å². The fraction of sp³-hybridized carbons (Fsp3) is 0.192. The predicted octanol–water partition coefficient (Wildman–Crippen LogP) is 6.60. The first-order valence-corrected chi connectivity index (χ1v) is 12.9. The molecule has 1 aromatic heterocycles. The van der Waals surface area contributed by atoms with Crippen LogP contribution in [0.25, 0.3) is 10.9 Å². The van der Waals surface area contributed by atoms with E-state index in [1.807, 2.05) is 13.8 Å². The third-order valence-electron chi connectivity index (χ3n) is 5.98. The van der Waals surface area contributed by atoms with E-state index in [0.717, 1.165) is 0 Å². The molecule has 0 spiro atoms. The van der Waals surface area contributed by atoms with Crippen molar-refractivity contribution >= 4 is 56.0 Å². The zero-order valence-corrected chi connectivity index (χ0v) is 23.0. The molecule has 13 heteroatoms. The monoisotopic (exact) mass is 613 g/mol. The number of aromatic nitrogens is 2. The first-order chi connectivity index (χ1) is 18.6. The van der Waals surface area contributed by atoms with Gasteiger partial charge in [-0.05, 0) is 48.4 Å². The molecule has 0 unspecified atom stereocenters. The lowest BCUT2D eigenvalue weighted by Crippen LogP contribution is -2.23. The highest BCUT2D eigenvalue weighted by atomic mass is 79.9. The summed E-state index contributed by atoms with van der Waals surface area (Å²) < 4.78 is 7.53. The Kier molecular flexibility index (Phi) is 8.36. The Balaban J connectivity index is 1.69. The minimum absolute atomic E-state index is 0.0392. The van der Waals surface area contributed by atoms with Crippen molar-refractivity contribution < 1.29 is 14.6 Å². The normalized spacial score (nSPS) is 12.1. The number of halogens is 2. The summed E-state index contributed by atoms with van der Waals surface area (Å²) in [5.74, 6) is 0.208. The van der Waals surface area contributed by atoms with Crippen LogP contribution >= 0.6 is 27.5 Å². The van der Waals surface area contributed by atoms with Crippen LogP contribution in [-0.4, -0.2) is 25.7 Å². The van der Waals surface area contributed by atoms with Crippen LogP contribution in [0.3, 0.4) is 0 Å². The van der Waals surface area contributed by atoms with E-state index >= 15 is 0 Å². The average molecular weight is 615 g/mol. The Morgan fingerprint density at radius 1 is 1.13 bits per heavy atom. The maximum Gasteiger partial charge on any atom is 0.313 e. The van der Waals surface area contributed by atoms with Crippen LogP contribution in [0.5, 0.6) is 5.75 Å². The van der Waals surface area contributed by atoms with E-state index in [1.54, 1.807) is 18.2 Å². The third-order valence-corrected chi connectivity index (χ3v) is 6.76. The molecule has 1 atom stereocenters. The van der Waals surface area contributed by atoms with Gasteiger partial charge in [-0.15, -0.1) is 0 Å². The van der Waals surface area contributed by atoms with Crippen LogP contribution in [0.2, 0.25) is 5.02 Å². The van der Waals surface area contributed by atoms with Gasteiger partial charge < -0.3 is 4.74 Å². The highest BCUT2D eigenvalue weighted by Crippen LogP contribution is 2.36. The summed E-state index contributed by atoms with van der Waals surface area (Å²) in [5.41, 5.74) is 0.501. The second-order valence-electron chi connectivity index (χ2n) is 8.62. The number of nitro groups is 2. The Morgan fingerprint density at radius 2 is 1.85 bits per heavy atom. The van der Waals surface area contributed by atoms with Crippen molar-refractivity contribution in [2.45, 2.75) is 32.8 Å². The molecule has 0 amide bonds. The van der Waals surface area contributed by atoms with Crippen LogP contribution < -0.4 is 10.3 Å². The number of benzene rings is 3. The Bertz CT molecular complexity index is 1670. The number of non-ortho nitro benzene ring substituents is 1. The minimum atomic E-state index is -0.639. The van der Waals surface area contributed by atoms with E-state index in [-0.39, 0.29) is 40.1 Å². The predicted molar refractivity (Wildman–Crippen MR) is 151 cm³/mol. The van der Waals surface area contributed by atoms with Gasteiger partial charge >= 0.3 is 5.69 Å². The van der Waals surface area contributed by atoms with Crippen LogP contribution in [0, 0.1) is 20.2 Å². The van der Waals surface area contributed by atoms with Crippen molar-refractivity contribution in [1.29, 1.82) is 0 Å². The molecular weight excluding hydrogens is 594 g/mol. The van der Waals surface area contributed by atoms with Crippen molar-refractivity contribution in [3.05, 3.63) is 112 Å². The number of hydrogen-bond acceptors (Lipinski definition) is 8. The first-order valence-electron chi connectivity index (χ1n) is 11.7. The summed E-state index contributed by atoms with van der Waals surface area (Å²) in [7, 11) is 0. The van der Waals surface area contributed by atoms with Gasteiger partial charge in [0.1, 0.15) is 12.4 Å². The van der Waals surface area contributed by atoms with E-state index in [9.17, 15) is 25.0 Å². The highest BCUT2D eigenvalue weighted by Gasteiger charge is 2.21. The highest BCUT2D eigenvalue weighted by molar-refractivity contribution is 9.10. The summed E-state index contributed by atoms with van der Waals surface area (Å²) in [4.78, 5) is 39.4. The van der Waals surface area contributed by atoms with Crippen molar-refractivity contribution in [1.82, 2.24) is 9.66 Å². The Labute approximate surface area is 235 Å². The van der Waals surface area contributed by atoms with E-state index in [0.29, 0.717) is 33.2 Å². The molecular formula is C26H21BrClN5O6. The van der Waals surface area contributed by atoms with Gasteiger partial charge in [-0.3, -0.25) is 25.0 Å². The number of fused-ring (bicyclic) bond motifs is 1. The average Bonchev–Trinajstić information content (AvgIpc) is 2.91. The molecule has 1 heterocycles. The van der Waals surface area contributed by atoms with Gasteiger partial charge in [-0.2, -0.15) is 9.78 Å². The van der Waals surface area contributed by atoms with Crippen LogP contribution in [-0.2, 0) is 6.61 Å². The summed E-state index contributed by atoms with van der Waals surface area (Å²) in [6, 6.07) is 13.5. The molecule has 0 saturated carbocycles. The fourth-order valence-electron chi connectivity index (χ4n) is 3.73. The summed E-state index contributed by atoms with van der Waals surface area (Å²) in [5, 5.41) is 27.3. The third kappa shape index (κ3) is 6.13. The van der Waals surface area contributed by atoms with Crippen LogP contribution in [0.1, 0.15) is 43.1 Å². The summed E-state index contributed by atoms with van der Waals surface area (Å²) in [6.07, 6.45) is 2.01. The van der Waals surface area contributed by atoms with Crippen molar-refractivity contribution in [2.24, 2.45) is 5.10 Å². The number of nitrogens with zero attached hydrogens (tertiary/aromatic N) is 5. The summed E-state index contributed by atoms with van der Waals surface area (Å²) in [6.45, 7) is 3.80. The Hall–Kier alpha value is -4.16. The fourth-order valence-corrected chi connectivity index (χ4v) is 4.36. The smallest absolute Gasteiger partial charge is 0.313 e. The molecule has 39 heavy (non-hydrogen) atoms. The second kappa shape index (κ2) is 11.7. The van der Waals surface area contributed by atoms with Gasteiger partial charge in [-0.25, -0.2) is 4.98 Å². The molecule has 0 fully saturated rings. The molecule has 4 aromatic rings. The van der Waals surface area contributed by atoms with Gasteiger partial charge in [-0.1, -0.05) is 41.4 Å². The molecule has 200 valence electrons. The van der Waals surface area contributed by atoms with E-state index in [1.165, 1.54) is 47.3 Å². The van der Waals surface area contributed by atoms with Crippen molar-refractivity contribution in [2.75, 3.05) is 0 Å². The van der Waals surface area contributed by atoms with Gasteiger partial charge in [0.05, 0.1) is 32.0 Å². The first kappa shape index (κ1) is 27.9. The standard InChI is InChI=1S/C26H21BrClN5O6/c1-3-15(2)25-30-22-9-6-18(27)12-20(22)26(34)31(25)29-13-17-10-21(28)24(23(11-17)33(37)38)39-14-16-4-7-19(8-5-16)32(35)36/h4-13,15H,3,14H2,1-2H3/t15-/m1/s1. The Morgan fingerprint density at radius 3 is 2.49 bits per heavy atom. The number of hydrogen-bond donors (Lipinski definition) is 0. The van der Waals surface area contributed by atoms with Crippen LogP contribution in [0.15, 0.2) is 69.0 Å². The molecule has 0 aliphatic carbocycles. The lowest BCUT2D eigenvalue weighted by molar-refractivity contribution is -0.386. The maximum absolute atomic E-state index is 13.3. The van der Waals surface area contributed by atoms with Crippen molar-refractivity contribution in [3.8, 4) is 5.75 Å². The van der Waals surface area contributed by atoms with Gasteiger partial charge in [0.2, 0.25) is 5.75 Å². The number of rotatable bonds is 9. The molecule has 0 N–H and O–H groups in total. The molecule has 0 saturated heterocycles. The largest absolute Gasteiger partial charge is 0.481 e. The number of nitro benzene ring substituents is 2. The molecule has 0 aliphatic heterocycles. The number of ether oxygens (including phenoxy) is 1. The lowest BCUT2D eigenvalue weighted by atomic mass is 10.1. The molecule has 0 bridgehead atoms. The van der Waals surface area contributed by atoms with E-state index in [4.69, 9.17) is 16.3 Å². The lowest BCUT2D eigenvalue weighted by Gasteiger charge is -2.14. The molecule has 0 radical (unpaired) electrons. The van der Waals surface area contributed by atoms with E-state index in [2.05, 4.69) is 26.0 Å². The molecule has 4 rings (SSSR count). The quantitative estimate of drug-likeness (QED) is 0.117.